The van der Waals surface area contributed by atoms with Gasteiger partial charge in [-0.15, -0.1) is 0 Å². The number of hydrogen-bond donors (Lipinski definition) is 2. The fourth-order valence-electron chi connectivity index (χ4n) is 4.09. The van der Waals surface area contributed by atoms with Gasteiger partial charge in [-0.05, 0) is 36.4 Å². The molecule has 0 unspecified atom stereocenters. The largest absolute Gasteiger partial charge is 0.491 e. The van der Waals surface area contributed by atoms with Gasteiger partial charge in [0.15, 0.2) is 0 Å². The Hall–Kier alpha value is -4.75. The molecule has 0 fully saturated rings. The van der Waals surface area contributed by atoms with E-state index in [1.807, 2.05) is 31.1 Å². The van der Waals surface area contributed by atoms with Crippen LogP contribution in [0, 0.1) is 0 Å². The molecule has 13 heteroatoms. The van der Waals surface area contributed by atoms with Crippen molar-refractivity contribution in [3.8, 4) is 11.5 Å². The summed E-state index contributed by atoms with van der Waals surface area (Å²) in [5.41, 5.74) is 0.586. The third-order valence-electron chi connectivity index (χ3n) is 6.09. The topological polar surface area (TPSA) is 159 Å². The van der Waals surface area contributed by atoms with E-state index in [1.165, 1.54) is 41.0 Å². The molecule has 4 aromatic rings. The van der Waals surface area contributed by atoms with E-state index in [-0.39, 0.29) is 54.1 Å². The van der Waals surface area contributed by atoms with E-state index >= 15 is 0 Å². The third kappa shape index (κ3) is 6.88. The van der Waals surface area contributed by atoms with Crippen molar-refractivity contribution in [2.45, 2.75) is 4.90 Å². The fourth-order valence-corrected chi connectivity index (χ4v) is 5.70. The number of aromatic nitrogens is 2. The number of carboxylic acid groups (broad SMARTS) is 2. The van der Waals surface area contributed by atoms with Crippen LogP contribution in [-0.2, 0) is 10.0 Å². The predicted molar refractivity (Wildman–Crippen MR) is 150 cm³/mol. The molecule has 0 radical (unpaired) electrons. The molecule has 2 heterocycles. The van der Waals surface area contributed by atoms with Crippen LogP contribution in [0.1, 0.15) is 21.0 Å². The Bertz CT molecular complexity index is 1580. The summed E-state index contributed by atoms with van der Waals surface area (Å²) in [6.07, 6.45) is 2.51. The molecule has 0 saturated carbocycles. The Morgan fingerprint density at radius 2 is 1.27 bits per heavy atom. The highest BCUT2D eigenvalue weighted by Crippen LogP contribution is 2.31. The Kier molecular flexibility index (Phi) is 9.00. The highest BCUT2D eigenvalue weighted by Gasteiger charge is 2.27. The van der Waals surface area contributed by atoms with Gasteiger partial charge < -0.3 is 24.6 Å². The quantitative estimate of drug-likeness (QED) is 0.239. The van der Waals surface area contributed by atoms with Gasteiger partial charge in [-0.25, -0.2) is 28.0 Å². The molecule has 2 aromatic carbocycles. The average molecular weight is 581 g/mol. The molecule has 214 valence electrons. The van der Waals surface area contributed by atoms with Crippen LogP contribution >= 0.6 is 0 Å². The first-order valence-corrected chi connectivity index (χ1v) is 13.9. The van der Waals surface area contributed by atoms with Gasteiger partial charge in [0.05, 0.1) is 17.3 Å². The molecular formula is C28H28N4O8S. The number of rotatable bonds is 13. The Morgan fingerprint density at radius 1 is 0.756 bits per heavy atom. The lowest BCUT2D eigenvalue weighted by molar-refractivity contribution is 0.0679. The van der Waals surface area contributed by atoms with Crippen LogP contribution in [-0.4, -0.2) is 85.2 Å². The Morgan fingerprint density at radius 3 is 1.73 bits per heavy atom. The summed E-state index contributed by atoms with van der Waals surface area (Å²) in [5, 5.41) is 19.4. The van der Waals surface area contributed by atoms with E-state index in [9.17, 15) is 18.0 Å². The number of benzene rings is 2. The van der Waals surface area contributed by atoms with Crippen LogP contribution in [0.3, 0.4) is 0 Å². The maximum absolute atomic E-state index is 14.0. The van der Waals surface area contributed by atoms with Gasteiger partial charge in [0.25, 0.3) is 0 Å². The lowest BCUT2D eigenvalue weighted by Crippen LogP contribution is -2.37. The van der Waals surface area contributed by atoms with E-state index in [1.54, 1.807) is 24.3 Å². The summed E-state index contributed by atoms with van der Waals surface area (Å²) < 4.78 is 40.6. The standard InChI is InChI=1S/C28H28N4O8S/c1-31(2)25-7-3-6-22-21(25)5-4-8-26(22)41(37,38)32(13-15-39-19-9-11-23(27(33)34)29-17-19)14-16-40-20-10-12-24(28(35)36)30-18-20/h3-12,17-18H,13-16H2,1-2H3,(H,33,34)(H,35,36). The lowest BCUT2D eigenvalue weighted by atomic mass is 10.1. The molecule has 2 aromatic heterocycles. The minimum Gasteiger partial charge on any atom is -0.491 e. The van der Waals surface area contributed by atoms with Gasteiger partial charge >= 0.3 is 11.9 Å². The van der Waals surface area contributed by atoms with Crippen LogP contribution in [0.15, 0.2) is 78.0 Å². The van der Waals surface area contributed by atoms with Crippen molar-refractivity contribution in [2.75, 3.05) is 45.3 Å². The number of sulfonamides is 1. The first-order valence-electron chi connectivity index (χ1n) is 12.4. The van der Waals surface area contributed by atoms with Crippen molar-refractivity contribution in [1.82, 2.24) is 14.3 Å². The van der Waals surface area contributed by atoms with Gasteiger partial charge in [-0.1, -0.05) is 24.3 Å². The summed E-state index contributed by atoms with van der Waals surface area (Å²) >= 11 is 0. The molecule has 2 N–H and O–H groups in total. The number of fused-ring (bicyclic) bond motifs is 1. The fraction of sp³-hybridized carbons (Fsp3) is 0.214. The molecule has 0 saturated heterocycles. The number of carboxylic acids is 2. The molecule has 0 spiro atoms. The Labute approximate surface area is 236 Å². The van der Waals surface area contributed by atoms with Crippen LogP contribution in [0.5, 0.6) is 11.5 Å². The van der Waals surface area contributed by atoms with Gasteiger partial charge in [0.1, 0.15) is 36.1 Å². The zero-order chi connectivity index (χ0) is 29.6. The van der Waals surface area contributed by atoms with Crippen molar-refractivity contribution in [2.24, 2.45) is 0 Å². The van der Waals surface area contributed by atoms with Gasteiger partial charge in [-0.2, -0.15) is 4.31 Å². The summed E-state index contributed by atoms with van der Waals surface area (Å²) in [7, 11) is -0.284. The number of aromatic carboxylic acids is 2. The average Bonchev–Trinajstić information content (AvgIpc) is 2.96. The van der Waals surface area contributed by atoms with E-state index in [0.717, 1.165) is 11.1 Å². The summed E-state index contributed by atoms with van der Waals surface area (Å²) in [5.74, 6) is -1.77. The van der Waals surface area contributed by atoms with Crippen molar-refractivity contribution in [1.29, 1.82) is 0 Å². The van der Waals surface area contributed by atoms with Crippen LogP contribution in [0.25, 0.3) is 10.8 Å². The van der Waals surface area contributed by atoms with Gasteiger partial charge in [-0.3, -0.25) is 0 Å². The second kappa shape index (κ2) is 12.6. The molecule has 0 atom stereocenters. The predicted octanol–water partition coefficient (Wildman–Crippen LogP) is 3.24. The molecule has 0 bridgehead atoms. The van der Waals surface area contributed by atoms with Crippen molar-refractivity contribution in [3.05, 3.63) is 84.4 Å². The van der Waals surface area contributed by atoms with Crippen LogP contribution in [0.4, 0.5) is 5.69 Å². The van der Waals surface area contributed by atoms with Crippen LogP contribution < -0.4 is 14.4 Å². The normalized spacial score (nSPS) is 11.4. The summed E-state index contributed by atoms with van der Waals surface area (Å²) in [6.45, 7) is -0.190. The smallest absolute Gasteiger partial charge is 0.354 e. The molecule has 0 amide bonds. The molecular weight excluding hydrogens is 552 g/mol. The van der Waals surface area contributed by atoms with Gasteiger partial charge in [0.2, 0.25) is 10.0 Å². The van der Waals surface area contributed by atoms with Gasteiger partial charge in [0, 0.05) is 43.6 Å². The number of anilines is 1. The third-order valence-corrected chi connectivity index (χ3v) is 8.05. The molecule has 0 aliphatic rings. The lowest BCUT2D eigenvalue weighted by Gasteiger charge is -2.24. The van der Waals surface area contributed by atoms with Crippen molar-refractivity contribution < 1.29 is 37.7 Å². The minimum atomic E-state index is -4.05. The van der Waals surface area contributed by atoms with Crippen LogP contribution in [0.2, 0.25) is 0 Å². The number of ether oxygens (including phenoxy) is 2. The first-order chi connectivity index (χ1) is 19.6. The Balaban J connectivity index is 1.57. The molecule has 0 aliphatic heterocycles. The zero-order valence-corrected chi connectivity index (χ0v) is 23.1. The number of nitrogens with zero attached hydrogens (tertiary/aromatic N) is 4. The summed E-state index contributed by atoms with van der Waals surface area (Å²) in [6, 6.07) is 16.0. The number of carbonyl (C=O) groups is 2. The van der Waals surface area contributed by atoms with E-state index < -0.39 is 22.0 Å². The SMILES string of the molecule is CN(C)c1cccc2c(S(=O)(=O)N(CCOc3ccc(C(=O)O)nc3)CCOc3ccc(C(=O)O)nc3)cccc12. The second-order valence-corrected chi connectivity index (χ2v) is 10.9. The summed E-state index contributed by atoms with van der Waals surface area (Å²) in [4.78, 5) is 31.7. The highest BCUT2D eigenvalue weighted by molar-refractivity contribution is 7.89. The molecule has 12 nitrogen and oxygen atoms in total. The number of pyridine rings is 2. The maximum Gasteiger partial charge on any atom is 0.354 e. The van der Waals surface area contributed by atoms with Crippen molar-refractivity contribution >= 4 is 38.4 Å². The molecule has 4 rings (SSSR count). The first kappa shape index (κ1) is 29.2. The second-order valence-electron chi connectivity index (χ2n) is 8.99. The van der Waals surface area contributed by atoms with E-state index in [4.69, 9.17) is 19.7 Å². The molecule has 0 aliphatic carbocycles. The molecule has 41 heavy (non-hydrogen) atoms. The minimum absolute atomic E-state index is 0.0457. The number of hydrogen-bond acceptors (Lipinski definition) is 9. The maximum atomic E-state index is 14.0. The van der Waals surface area contributed by atoms with E-state index in [2.05, 4.69) is 9.97 Å². The zero-order valence-electron chi connectivity index (χ0n) is 22.3. The van der Waals surface area contributed by atoms with E-state index in [0.29, 0.717) is 5.39 Å². The van der Waals surface area contributed by atoms with Crippen molar-refractivity contribution in [3.63, 3.8) is 0 Å². The highest BCUT2D eigenvalue weighted by atomic mass is 32.2. The monoisotopic (exact) mass is 580 g/mol.